The molecule has 0 atom stereocenters. The average molecular weight is 183 g/mol. The number of hydrogen-bond donors (Lipinski definition) is 2. The van der Waals surface area contributed by atoms with Crippen LogP contribution in [0, 0.1) is 0 Å². The second-order valence-corrected chi connectivity index (χ2v) is 3.00. The first-order valence-electron chi connectivity index (χ1n) is 4.33. The Balaban J connectivity index is 3.30. The molecule has 0 saturated heterocycles. The number of allylic oxidation sites excluding steroid dienone is 2. The topological polar surface area (TPSA) is 67.5 Å². The third-order valence-electron chi connectivity index (χ3n) is 1.36. The Morgan fingerprint density at radius 3 is 2.69 bits per heavy atom. The van der Waals surface area contributed by atoms with Crippen molar-refractivity contribution in [3.05, 3.63) is 11.6 Å². The summed E-state index contributed by atoms with van der Waals surface area (Å²) in [7, 11) is 0. The summed E-state index contributed by atoms with van der Waals surface area (Å²) in [5.41, 5.74) is 8.26. The van der Waals surface area contributed by atoms with E-state index in [-0.39, 0.29) is 0 Å². The molecule has 0 aliphatic rings. The molecular formula is C9H17N3O. The average Bonchev–Trinajstić information content (AvgIpc) is 2.01. The summed E-state index contributed by atoms with van der Waals surface area (Å²) in [4.78, 5) is 10.2. The molecule has 0 rings (SSSR count). The van der Waals surface area contributed by atoms with Gasteiger partial charge in [0.15, 0.2) is 0 Å². The molecule has 13 heavy (non-hydrogen) atoms. The molecular weight excluding hydrogens is 166 g/mol. The summed E-state index contributed by atoms with van der Waals surface area (Å²) in [5.74, 6) is 0. The molecule has 4 heteroatoms. The fourth-order valence-corrected chi connectivity index (χ4v) is 0.774. The van der Waals surface area contributed by atoms with E-state index in [2.05, 4.69) is 30.5 Å². The van der Waals surface area contributed by atoms with E-state index in [1.807, 2.05) is 0 Å². The fraction of sp³-hybridized carbons (Fsp3) is 0.556. The molecule has 0 radical (unpaired) electrons. The maximum Gasteiger partial charge on any atom is 0.332 e. The Labute approximate surface area is 78.9 Å². The number of hydrazone groups is 1. The smallest absolute Gasteiger partial charge is 0.332 e. The lowest BCUT2D eigenvalue weighted by Gasteiger charge is -1.92. The molecule has 4 nitrogen and oxygen atoms in total. The fourth-order valence-electron chi connectivity index (χ4n) is 0.774. The summed E-state index contributed by atoms with van der Waals surface area (Å²) in [6.07, 6.45) is 6.77. The van der Waals surface area contributed by atoms with E-state index in [4.69, 9.17) is 5.73 Å². The summed E-state index contributed by atoms with van der Waals surface area (Å²) < 4.78 is 0. The number of nitrogens with zero attached hydrogens (tertiary/aromatic N) is 1. The van der Waals surface area contributed by atoms with E-state index in [0.29, 0.717) is 0 Å². The second-order valence-electron chi connectivity index (χ2n) is 3.00. The first-order valence-corrected chi connectivity index (χ1v) is 4.33. The SMILES string of the molecule is CC(C)=CCCC/C=N/NC(N)=O. The van der Waals surface area contributed by atoms with Crippen molar-refractivity contribution in [2.75, 3.05) is 0 Å². The van der Waals surface area contributed by atoms with Gasteiger partial charge in [-0.2, -0.15) is 5.10 Å². The molecule has 2 amide bonds. The van der Waals surface area contributed by atoms with Crippen LogP contribution in [-0.2, 0) is 0 Å². The highest BCUT2D eigenvalue weighted by Gasteiger charge is 1.84. The molecule has 0 unspecified atom stereocenters. The number of amides is 2. The van der Waals surface area contributed by atoms with Crippen molar-refractivity contribution >= 4 is 12.2 Å². The van der Waals surface area contributed by atoms with Gasteiger partial charge < -0.3 is 5.73 Å². The molecule has 0 aliphatic heterocycles. The Morgan fingerprint density at radius 2 is 2.15 bits per heavy atom. The molecule has 0 heterocycles. The first kappa shape index (κ1) is 11.7. The van der Waals surface area contributed by atoms with Crippen LogP contribution in [0.15, 0.2) is 16.8 Å². The van der Waals surface area contributed by atoms with Crippen LogP contribution in [0.25, 0.3) is 0 Å². The number of rotatable bonds is 5. The highest BCUT2D eigenvalue weighted by molar-refractivity contribution is 5.72. The Hall–Kier alpha value is -1.32. The maximum absolute atomic E-state index is 10.2. The van der Waals surface area contributed by atoms with Crippen molar-refractivity contribution in [1.82, 2.24) is 5.43 Å². The molecule has 0 aromatic rings. The van der Waals surface area contributed by atoms with Crippen LogP contribution in [-0.4, -0.2) is 12.2 Å². The van der Waals surface area contributed by atoms with Gasteiger partial charge >= 0.3 is 6.03 Å². The lowest BCUT2D eigenvalue weighted by atomic mass is 10.2. The van der Waals surface area contributed by atoms with Crippen molar-refractivity contribution in [2.24, 2.45) is 10.8 Å². The van der Waals surface area contributed by atoms with Crippen LogP contribution >= 0.6 is 0 Å². The number of carbonyl (C=O) groups is 1. The third kappa shape index (κ3) is 10.7. The van der Waals surface area contributed by atoms with E-state index in [0.717, 1.165) is 19.3 Å². The second kappa shape index (κ2) is 7.34. The minimum atomic E-state index is -0.624. The van der Waals surface area contributed by atoms with Gasteiger partial charge in [0.2, 0.25) is 0 Å². The highest BCUT2D eigenvalue weighted by Crippen LogP contribution is 1.98. The molecule has 0 saturated carbocycles. The van der Waals surface area contributed by atoms with Crippen LogP contribution in [0.2, 0.25) is 0 Å². The predicted molar refractivity (Wildman–Crippen MR) is 54.5 cm³/mol. The summed E-state index contributed by atoms with van der Waals surface area (Å²) in [6, 6.07) is -0.624. The quantitative estimate of drug-likeness (QED) is 0.290. The third-order valence-corrected chi connectivity index (χ3v) is 1.36. The largest absolute Gasteiger partial charge is 0.350 e. The van der Waals surface area contributed by atoms with Gasteiger partial charge in [0.25, 0.3) is 0 Å². The molecule has 0 aliphatic carbocycles. The van der Waals surface area contributed by atoms with Crippen molar-refractivity contribution in [3.8, 4) is 0 Å². The molecule has 74 valence electrons. The predicted octanol–water partition coefficient (Wildman–Crippen LogP) is 1.78. The van der Waals surface area contributed by atoms with Gasteiger partial charge in [-0.25, -0.2) is 10.2 Å². The van der Waals surface area contributed by atoms with Crippen LogP contribution in [0.3, 0.4) is 0 Å². The minimum absolute atomic E-state index is 0.624. The monoisotopic (exact) mass is 183 g/mol. The Bertz CT molecular complexity index is 205. The number of nitrogens with one attached hydrogen (secondary N) is 1. The number of urea groups is 1. The zero-order valence-electron chi connectivity index (χ0n) is 8.21. The van der Waals surface area contributed by atoms with Crippen molar-refractivity contribution in [2.45, 2.75) is 33.1 Å². The van der Waals surface area contributed by atoms with Gasteiger partial charge in [-0.15, -0.1) is 0 Å². The summed E-state index contributed by atoms with van der Waals surface area (Å²) >= 11 is 0. The van der Waals surface area contributed by atoms with E-state index in [9.17, 15) is 4.79 Å². The number of hydrogen-bond acceptors (Lipinski definition) is 2. The minimum Gasteiger partial charge on any atom is -0.350 e. The first-order chi connectivity index (χ1) is 6.13. The number of primary amides is 1. The van der Waals surface area contributed by atoms with Crippen LogP contribution in [0.5, 0.6) is 0 Å². The maximum atomic E-state index is 10.2. The summed E-state index contributed by atoms with van der Waals surface area (Å²) in [6.45, 7) is 4.14. The number of carbonyl (C=O) groups excluding carboxylic acids is 1. The van der Waals surface area contributed by atoms with Gasteiger partial charge in [0, 0.05) is 6.21 Å². The van der Waals surface area contributed by atoms with E-state index in [1.54, 1.807) is 6.21 Å². The van der Waals surface area contributed by atoms with E-state index in [1.165, 1.54) is 5.57 Å². The molecule has 0 bridgehead atoms. The van der Waals surface area contributed by atoms with Crippen LogP contribution in [0.4, 0.5) is 4.79 Å². The molecule has 0 fully saturated rings. The van der Waals surface area contributed by atoms with Crippen molar-refractivity contribution in [3.63, 3.8) is 0 Å². The normalized spacial score (nSPS) is 10.0. The molecule has 0 aromatic carbocycles. The highest BCUT2D eigenvalue weighted by atomic mass is 16.2. The standard InChI is InChI=1S/C9H17N3O/c1-8(2)6-4-3-5-7-11-12-9(10)13/h6-7H,3-5H2,1-2H3,(H3,10,12,13)/b11-7+. The summed E-state index contributed by atoms with van der Waals surface area (Å²) in [5, 5.41) is 3.62. The lowest BCUT2D eigenvalue weighted by Crippen LogP contribution is -2.24. The molecule has 0 spiro atoms. The van der Waals surface area contributed by atoms with E-state index >= 15 is 0 Å². The zero-order chi connectivity index (χ0) is 10.1. The number of unbranched alkanes of at least 4 members (excludes halogenated alkanes) is 2. The Morgan fingerprint density at radius 1 is 1.46 bits per heavy atom. The van der Waals surface area contributed by atoms with Gasteiger partial charge in [-0.05, 0) is 33.1 Å². The van der Waals surface area contributed by atoms with Crippen molar-refractivity contribution < 1.29 is 4.79 Å². The molecule has 3 N–H and O–H groups in total. The van der Waals surface area contributed by atoms with Crippen LogP contribution < -0.4 is 11.2 Å². The number of nitrogens with two attached hydrogens (primary N) is 1. The van der Waals surface area contributed by atoms with Gasteiger partial charge in [0.1, 0.15) is 0 Å². The van der Waals surface area contributed by atoms with Crippen molar-refractivity contribution in [1.29, 1.82) is 0 Å². The van der Waals surface area contributed by atoms with E-state index < -0.39 is 6.03 Å². The van der Waals surface area contributed by atoms with Gasteiger partial charge in [0.05, 0.1) is 0 Å². The lowest BCUT2D eigenvalue weighted by molar-refractivity contribution is 0.249. The van der Waals surface area contributed by atoms with Crippen LogP contribution in [0.1, 0.15) is 33.1 Å². The van der Waals surface area contributed by atoms with Gasteiger partial charge in [-0.3, -0.25) is 0 Å². The Kier molecular flexibility index (Phi) is 6.59. The zero-order valence-corrected chi connectivity index (χ0v) is 8.21. The van der Waals surface area contributed by atoms with Gasteiger partial charge in [-0.1, -0.05) is 11.6 Å². The molecule has 0 aromatic heterocycles.